The second-order valence-corrected chi connectivity index (χ2v) is 3.64. The lowest BCUT2D eigenvalue weighted by Gasteiger charge is -1.99. The third kappa shape index (κ3) is 0.970. The number of hydrogen-bond acceptors (Lipinski definition) is 2. The number of hydrogen-bond donors (Lipinski definition) is 0. The van der Waals surface area contributed by atoms with Crippen LogP contribution in [-0.4, -0.2) is 9.97 Å². The highest BCUT2D eigenvalue weighted by Crippen LogP contribution is 2.33. The van der Waals surface area contributed by atoms with Crippen LogP contribution in [0.5, 0.6) is 0 Å². The Bertz CT molecular complexity index is 503. The van der Waals surface area contributed by atoms with Crippen LogP contribution in [-0.2, 0) is 6.42 Å². The van der Waals surface area contributed by atoms with Crippen molar-refractivity contribution in [3.8, 4) is 11.3 Å². The van der Waals surface area contributed by atoms with E-state index < -0.39 is 0 Å². The fraction of sp³-hybridized carbons (Fsp3) is 0.167. The molecule has 0 unspecified atom stereocenters. The van der Waals surface area contributed by atoms with Gasteiger partial charge in [-0.3, -0.25) is 4.98 Å². The Kier molecular flexibility index (Phi) is 1.45. The maximum Gasteiger partial charge on any atom is 0.0926 e. The molecule has 2 nitrogen and oxygen atoms in total. The van der Waals surface area contributed by atoms with Crippen molar-refractivity contribution >= 4 is 0 Å². The second-order valence-electron chi connectivity index (χ2n) is 3.64. The van der Waals surface area contributed by atoms with Gasteiger partial charge in [0.15, 0.2) is 0 Å². The summed E-state index contributed by atoms with van der Waals surface area (Å²) in [5, 5.41) is 0. The summed E-state index contributed by atoms with van der Waals surface area (Å²) in [4.78, 5) is 8.94. The first kappa shape index (κ1) is 7.68. The van der Waals surface area contributed by atoms with E-state index >= 15 is 0 Å². The van der Waals surface area contributed by atoms with E-state index in [9.17, 15) is 0 Å². The Morgan fingerprint density at radius 2 is 2.07 bits per heavy atom. The average molecular weight is 182 g/mol. The van der Waals surface area contributed by atoms with Gasteiger partial charge in [0.2, 0.25) is 0 Å². The largest absolute Gasteiger partial charge is 0.257 e. The monoisotopic (exact) mass is 182 g/mol. The number of nitrogens with zero attached hydrogens (tertiary/aromatic N) is 2. The van der Waals surface area contributed by atoms with Gasteiger partial charge >= 0.3 is 0 Å². The molecule has 1 aromatic carbocycles. The van der Waals surface area contributed by atoms with Crippen LogP contribution < -0.4 is 0 Å². The Labute approximate surface area is 82.7 Å². The normalized spacial score (nSPS) is 12.4. The van der Waals surface area contributed by atoms with Crippen molar-refractivity contribution in [3.63, 3.8) is 0 Å². The molecule has 1 aliphatic rings. The number of rotatable bonds is 0. The molecule has 0 bridgehead atoms. The van der Waals surface area contributed by atoms with E-state index in [1.165, 1.54) is 11.1 Å². The third-order valence-corrected chi connectivity index (χ3v) is 2.60. The molecule has 0 saturated carbocycles. The molecular formula is C12H10N2. The van der Waals surface area contributed by atoms with Gasteiger partial charge in [0.1, 0.15) is 0 Å². The molecular weight excluding hydrogens is 172 g/mol. The molecule has 0 aliphatic heterocycles. The van der Waals surface area contributed by atoms with Gasteiger partial charge in [0.25, 0.3) is 0 Å². The van der Waals surface area contributed by atoms with Crippen LogP contribution >= 0.6 is 0 Å². The summed E-state index contributed by atoms with van der Waals surface area (Å²) in [5.74, 6) is 0. The Morgan fingerprint density at radius 3 is 3.00 bits per heavy atom. The molecule has 2 heteroatoms. The lowest BCUT2D eigenvalue weighted by atomic mass is 10.1. The summed E-state index contributed by atoms with van der Waals surface area (Å²) in [6.07, 6.45) is 2.77. The maximum absolute atomic E-state index is 4.53. The molecule has 0 amide bonds. The van der Waals surface area contributed by atoms with Gasteiger partial charge in [-0.1, -0.05) is 24.3 Å². The molecule has 0 N–H and O–H groups in total. The number of aromatic nitrogens is 2. The minimum absolute atomic E-state index is 0.929. The highest BCUT2D eigenvalue weighted by Gasteiger charge is 2.19. The molecule has 1 aromatic heterocycles. The van der Waals surface area contributed by atoms with Crippen LogP contribution in [0.15, 0.2) is 30.5 Å². The summed E-state index contributed by atoms with van der Waals surface area (Å²) in [5.41, 5.74) is 5.75. The van der Waals surface area contributed by atoms with Crippen molar-refractivity contribution in [3.05, 3.63) is 47.4 Å². The lowest BCUT2D eigenvalue weighted by Crippen LogP contribution is -1.91. The SMILES string of the molecule is Cc1cnc2c(n1)-c1ccccc1C2. The topological polar surface area (TPSA) is 25.8 Å². The quantitative estimate of drug-likeness (QED) is 0.533. The fourth-order valence-corrected chi connectivity index (χ4v) is 1.93. The second kappa shape index (κ2) is 2.64. The van der Waals surface area contributed by atoms with Gasteiger partial charge in [-0.2, -0.15) is 0 Å². The molecule has 0 atom stereocenters. The van der Waals surface area contributed by atoms with Gasteiger partial charge in [-0.25, -0.2) is 4.98 Å². The Balaban J connectivity index is 2.30. The van der Waals surface area contributed by atoms with E-state index in [1.807, 2.05) is 13.1 Å². The molecule has 3 rings (SSSR count). The minimum atomic E-state index is 0.929. The van der Waals surface area contributed by atoms with Crippen LogP contribution in [0.25, 0.3) is 11.3 Å². The first-order valence-corrected chi connectivity index (χ1v) is 4.75. The van der Waals surface area contributed by atoms with Crippen LogP contribution in [0.2, 0.25) is 0 Å². The van der Waals surface area contributed by atoms with Crippen molar-refractivity contribution in [2.75, 3.05) is 0 Å². The zero-order valence-electron chi connectivity index (χ0n) is 7.99. The molecule has 0 radical (unpaired) electrons. The number of aryl methyl sites for hydroxylation is 1. The molecule has 0 fully saturated rings. The Morgan fingerprint density at radius 1 is 1.21 bits per heavy atom. The van der Waals surface area contributed by atoms with Crippen LogP contribution in [0.4, 0.5) is 0 Å². The van der Waals surface area contributed by atoms with Crippen LogP contribution in [0, 0.1) is 6.92 Å². The maximum atomic E-state index is 4.53. The van der Waals surface area contributed by atoms with Crippen molar-refractivity contribution in [2.24, 2.45) is 0 Å². The predicted octanol–water partition coefficient (Wildman–Crippen LogP) is 2.36. The molecule has 0 saturated heterocycles. The smallest absolute Gasteiger partial charge is 0.0926 e. The molecule has 2 aromatic rings. The highest BCUT2D eigenvalue weighted by atomic mass is 14.8. The summed E-state index contributed by atoms with van der Waals surface area (Å²) in [6.45, 7) is 1.98. The van der Waals surface area contributed by atoms with Gasteiger partial charge < -0.3 is 0 Å². The van der Waals surface area contributed by atoms with Gasteiger partial charge in [0.05, 0.1) is 17.1 Å². The van der Waals surface area contributed by atoms with E-state index in [4.69, 9.17) is 0 Å². The molecule has 1 heterocycles. The average Bonchev–Trinajstić information content (AvgIpc) is 2.56. The molecule has 68 valence electrons. The summed E-state index contributed by atoms with van der Waals surface area (Å²) < 4.78 is 0. The zero-order valence-corrected chi connectivity index (χ0v) is 7.99. The summed E-state index contributed by atoms with van der Waals surface area (Å²) in [7, 11) is 0. The summed E-state index contributed by atoms with van der Waals surface area (Å²) >= 11 is 0. The molecule has 1 aliphatic carbocycles. The van der Waals surface area contributed by atoms with Crippen molar-refractivity contribution < 1.29 is 0 Å². The first-order chi connectivity index (χ1) is 6.84. The van der Waals surface area contributed by atoms with E-state index in [1.54, 1.807) is 0 Å². The van der Waals surface area contributed by atoms with E-state index in [0.717, 1.165) is 23.5 Å². The van der Waals surface area contributed by atoms with E-state index in [-0.39, 0.29) is 0 Å². The molecule has 0 spiro atoms. The zero-order chi connectivity index (χ0) is 9.54. The number of fused-ring (bicyclic) bond motifs is 3. The van der Waals surface area contributed by atoms with Crippen molar-refractivity contribution in [1.82, 2.24) is 9.97 Å². The van der Waals surface area contributed by atoms with Crippen molar-refractivity contribution in [1.29, 1.82) is 0 Å². The minimum Gasteiger partial charge on any atom is -0.257 e. The lowest BCUT2D eigenvalue weighted by molar-refractivity contribution is 1.05. The van der Waals surface area contributed by atoms with E-state index in [0.29, 0.717) is 0 Å². The fourth-order valence-electron chi connectivity index (χ4n) is 1.93. The standard InChI is InChI=1S/C12H10N2/c1-8-7-13-11-6-9-4-2-3-5-10(9)12(11)14-8/h2-5,7H,6H2,1H3. The predicted molar refractivity (Wildman–Crippen MR) is 55.0 cm³/mol. The van der Waals surface area contributed by atoms with E-state index in [2.05, 4.69) is 34.2 Å². The highest BCUT2D eigenvalue weighted by molar-refractivity contribution is 5.71. The van der Waals surface area contributed by atoms with Crippen LogP contribution in [0.1, 0.15) is 17.0 Å². The third-order valence-electron chi connectivity index (χ3n) is 2.60. The summed E-state index contributed by atoms with van der Waals surface area (Å²) in [6, 6.07) is 8.39. The first-order valence-electron chi connectivity index (χ1n) is 4.75. The van der Waals surface area contributed by atoms with Crippen molar-refractivity contribution in [2.45, 2.75) is 13.3 Å². The Hall–Kier alpha value is -1.70. The van der Waals surface area contributed by atoms with Gasteiger partial charge in [-0.15, -0.1) is 0 Å². The molecule has 14 heavy (non-hydrogen) atoms. The van der Waals surface area contributed by atoms with Gasteiger partial charge in [0, 0.05) is 18.2 Å². The van der Waals surface area contributed by atoms with Crippen LogP contribution in [0.3, 0.4) is 0 Å². The van der Waals surface area contributed by atoms with Gasteiger partial charge in [-0.05, 0) is 12.5 Å². The number of benzene rings is 1.